The molecule has 1 saturated heterocycles. The summed E-state index contributed by atoms with van der Waals surface area (Å²) in [7, 11) is 3.63. The van der Waals surface area contributed by atoms with Crippen LogP contribution in [0.4, 0.5) is 10.6 Å². The molecule has 0 aliphatic carbocycles. The summed E-state index contributed by atoms with van der Waals surface area (Å²) in [6.45, 7) is 6.91. The van der Waals surface area contributed by atoms with Gasteiger partial charge in [0.15, 0.2) is 0 Å². The lowest BCUT2D eigenvalue weighted by atomic mass is 10.00. The molecule has 0 spiro atoms. The van der Waals surface area contributed by atoms with E-state index in [-0.39, 0.29) is 12.1 Å². The number of likely N-dealkylation sites (tertiary alicyclic amines) is 1. The predicted molar refractivity (Wildman–Crippen MR) is 142 cm³/mol. The highest BCUT2D eigenvalue weighted by atomic mass is 16.6. The summed E-state index contributed by atoms with van der Waals surface area (Å²) in [5.74, 6) is 1.21. The van der Waals surface area contributed by atoms with Crippen molar-refractivity contribution in [3.8, 4) is 28.1 Å². The summed E-state index contributed by atoms with van der Waals surface area (Å²) in [6.07, 6.45) is 6.79. The molecule has 3 aromatic heterocycles. The minimum atomic E-state index is -0.501. The second-order valence-corrected chi connectivity index (χ2v) is 10.4. The summed E-state index contributed by atoms with van der Waals surface area (Å²) in [5.41, 5.74) is 10.5. The number of nitrogen functional groups attached to an aromatic ring is 1. The molecule has 1 amide bonds. The van der Waals surface area contributed by atoms with Crippen molar-refractivity contribution in [2.75, 3.05) is 25.9 Å². The minimum Gasteiger partial charge on any atom is -0.497 e. The molecule has 0 saturated carbocycles. The van der Waals surface area contributed by atoms with Gasteiger partial charge >= 0.3 is 6.09 Å². The van der Waals surface area contributed by atoms with Crippen molar-refractivity contribution >= 4 is 22.9 Å². The number of piperidine rings is 1. The normalized spacial score (nSPS) is 14.8. The average Bonchev–Trinajstić information content (AvgIpc) is 3.47. The van der Waals surface area contributed by atoms with Crippen molar-refractivity contribution in [1.82, 2.24) is 29.2 Å². The first-order valence-electron chi connectivity index (χ1n) is 12.4. The van der Waals surface area contributed by atoms with E-state index in [1.165, 1.54) is 6.33 Å². The van der Waals surface area contributed by atoms with Crippen LogP contribution in [0.3, 0.4) is 0 Å². The highest BCUT2D eigenvalue weighted by Gasteiger charge is 2.29. The zero-order chi connectivity index (χ0) is 26.3. The number of amides is 1. The number of ether oxygens (including phenoxy) is 2. The van der Waals surface area contributed by atoms with Gasteiger partial charge in [0.1, 0.15) is 29.1 Å². The topological polar surface area (TPSA) is 113 Å². The number of anilines is 1. The maximum absolute atomic E-state index is 12.5. The Morgan fingerprint density at radius 2 is 1.78 bits per heavy atom. The standard InChI is InChI=1S/C27H33N7O3/c1-27(2,3)37-26(35)33-12-10-19(11-13-33)34-15-18(14-31-34)23-21(17-6-8-20(36-5)9-7-17)22-24(28)29-16-30-25(22)32(23)4/h6-9,14-16,19H,10-13H2,1-5H3,(H2,28,29,30). The van der Waals surface area contributed by atoms with Crippen LogP contribution in [0.5, 0.6) is 5.75 Å². The number of aromatic nitrogens is 5. The van der Waals surface area contributed by atoms with Gasteiger partial charge in [-0.3, -0.25) is 4.68 Å². The SMILES string of the molecule is COc1ccc(-c2c(-c3cnn(C4CCN(C(=O)OC(C)(C)C)CC4)c3)n(C)c3ncnc(N)c23)cc1. The number of hydrogen-bond donors (Lipinski definition) is 1. The fraction of sp³-hybridized carbons (Fsp3) is 0.407. The van der Waals surface area contributed by atoms with Gasteiger partial charge in [-0.1, -0.05) is 12.1 Å². The van der Waals surface area contributed by atoms with Crippen LogP contribution in [0, 0.1) is 0 Å². The van der Waals surface area contributed by atoms with Crippen molar-refractivity contribution in [1.29, 1.82) is 0 Å². The molecule has 10 nitrogen and oxygen atoms in total. The third-order valence-electron chi connectivity index (χ3n) is 6.74. The minimum absolute atomic E-state index is 0.191. The molecule has 2 N–H and O–H groups in total. The Morgan fingerprint density at radius 3 is 2.43 bits per heavy atom. The molecule has 0 unspecified atom stereocenters. The average molecular weight is 504 g/mol. The van der Waals surface area contributed by atoms with Crippen LogP contribution in [0.2, 0.25) is 0 Å². The molecule has 1 aromatic carbocycles. The molecular weight excluding hydrogens is 470 g/mol. The van der Waals surface area contributed by atoms with Crippen molar-refractivity contribution in [2.45, 2.75) is 45.3 Å². The highest BCUT2D eigenvalue weighted by Crippen LogP contribution is 2.42. The predicted octanol–water partition coefficient (Wildman–Crippen LogP) is 4.66. The number of nitrogens with two attached hydrogens (primary N) is 1. The van der Waals surface area contributed by atoms with Gasteiger partial charge in [0.2, 0.25) is 0 Å². The molecule has 4 aromatic rings. The van der Waals surface area contributed by atoms with Crippen LogP contribution >= 0.6 is 0 Å². The summed E-state index contributed by atoms with van der Waals surface area (Å²) in [4.78, 5) is 23.0. The first-order chi connectivity index (χ1) is 17.7. The lowest BCUT2D eigenvalue weighted by Crippen LogP contribution is -2.42. The highest BCUT2D eigenvalue weighted by molar-refractivity contribution is 6.07. The van der Waals surface area contributed by atoms with E-state index >= 15 is 0 Å². The number of rotatable bonds is 4. The number of methoxy groups -OCH3 is 1. The number of carbonyl (C=O) groups is 1. The zero-order valence-corrected chi connectivity index (χ0v) is 21.9. The third kappa shape index (κ3) is 4.71. The quantitative estimate of drug-likeness (QED) is 0.431. The molecule has 1 aliphatic rings. The largest absolute Gasteiger partial charge is 0.497 e. The molecule has 4 heterocycles. The molecular formula is C27H33N7O3. The van der Waals surface area contributed by atoms with Crippen molar-refractivity contribution < 1.29 is 14.3 Å². The Morgan fingerprint density at radius 1 is 1.08 bits per heavy atom. The fourth-order valence-electron chi connectivity index (χ4n) is 4.95. The zero-order valence-electron chi connectivity index (χ0n) is 21.9. The van der Waals surface area contributed by atoms with Crippen molar-refractivity contribution in [3.05, 3.63) is 43.0 Å². The van der Waals surface area contributed by atoms with Gasteiger partial charge in [-0.05, 0) is 51.3 Å². The van der Waals surface area contributed by atoms with Gasteiger partial charge in [0.05, 0.1) is 30.4 Å². The molecule has 194 valence electrons. The smallest absolute Gasteiger partial charge is 0.410 e. The summed E-state index contributed by atoms with van der Waals surface area (Å²) >= 11 is 0. The number of aryl methyl sites for hydroxylation is 1. The Bertz CT molecular complexity index is 1420. The van der Waals surface area contributed by atoms with E-state index in [4.69, 9.17) is 20.3 Å². The van der Waals surface area contributed by atoms with Crippen LogP contribution in [-0.4, -0.2) is 61.1 Å². The second-order valence-electron chi connectivity index (χ2n) is 10.4. The van der Waals surface area contributed by atoms with E-state index in [2.05, 4.69) is 16.2 Å². The van der Waals surface area contributed by atoms with Crippen molar-refractivity contribution in [3.63, 3.8) is 0 Å². The van der Waals surface area contributed by atoms with E-state index in [1.54, 1.807) is 12.0 Å². The van der Waals surface area contributed by atoms with Crippen LogP contribution in [0.1, 0.15) is 39.7 Å². The Kier molecular flexibility index (Phi) is 6.26. The van der Waals surface area contributed by atoms with Gasteiger partial charge in [0, 0.05) is 37.5 Å². The lowest BCUT2D eigenvalue weighted by Gasteiger charge is -2.33. The van der Waals surface area contributed by atoms with Crippen LogP contribution in [-0.2, 0) is 11.8 Å². The number of hydrogen-bond acceptors (Lipinski definition) is 7. The van der Waals surface area contributed by atoms with Gasteiger partial charge in [-0.15, -0.1) is 0 Å². The van der Waals surface area contributed by atoms with E-state index in [9.17, 15) is 4.79 Å². The maximum Gasteiger partial charge on any atom is 0.410 e. The molecule has 10 heteroatoms. The van der Waals surface area contributed by atoms with E-state index in [0.717, 1.165) is 52.0 Å². The number of nitrogens with zero attached hydrogens (tertiary/aromatic N) is 6. The number of fused-ring (bicyclic) bond motifs is 1. The molecule has 0 radical (unpaired) electrons. The number of benzene rings is 1. The summed E-state index contributed by atoms with van der Waals surface area (Å²) < 4.78 is 14.9. The van der Waals surface area contributed by atoms with Gasteiger partial charge in [-0.25, -0.2) is 14.8 Å². The number of carbonyl (C=O) groups excluding carboxylic acids is 1. The fourth-order valence-corrected chi connectivity index (χ4v) is 4.95. The van der Waals surface area contributed by atoms with Gasteiger partial charge in [-0.2, -0.15) is 5.10 Å². The molecule has 0 bridgehead atoms. The molecule has 5 rings (SSSR count). The van der Waals surface area contributed by atoms with Crippen molar-refractivity contribution in [2.24, 2.45) is 7.05 Å². The van der Waals surface area contributed by atoms with E-state index < -0.39 is 5.60 Å². The molecule has 0 atom stereocenters. The maximum atomic E-state index is 12.5. The van der Waals surface area contributed by atoms with E-state index in [1.807, 2.05) is 67.5 Å². The summed E-state index contributed by atoms with van der Waals surface area (Å²) in [5, 5.41) is 5.53. The van der Waals surface area contributed by atoms with Crippen LogP contribution in [0.25, 0.3) is 33.4 Å². The second kappa shape index (κ2) is 9.42. The van der Waals surface area contributed by atoms with Gasteiger partial charge in [0.25, 0.3) is 0 Å². The summed E-state index contributed by atoms with van der Waals surface area (Å²) in [6, 6.07) is 8.08. The lowest BCUT2D eigenvalue weighted by molar-refractivity contribution is 0.0185. The van der Waals surface area contributed by atoms with Crippen LogP contribution < -0.4 is 10.5 Å². The van der Waals surface area contributed by atoms with E-state index in [0.29, 0.717) is 18.9 Å². The molecule has 1 aliphatic heterocycles. The Hall–Kier alpha value is -4.08. The molecule has 1 fully saturated rings. The van der Waals surface area contributed by atoms with Crippen LogP contribution in [0.15, 0.2) is 43.0 Å². The Labute approximate surface area is 216 Å². The monoisotopic (exact) mass is 503 g/mol. The first-order valence-corrected chi connectivity index (χ1v) is 12.4. The molecule has 37 heavy (non-hydrogen) atoms. The third-order valence-corrected chi connectivity index (χ3v) is 6.74. The first kappa shape index (κ1) is 24.6. The van der Waals surface area contributed by atoms with Gasteiger partial charge < -0.3 is 24.7 Å². The Balaban J connectivity index is 1.47.